The van der Waals surface area contributed by atoms with Crippen molar-refractivity contribution in [2.24, 2.45) is 0 Å². The largest absolute Gasteiger partial charge is 0.497 e. The van der Waals surface area contributed by atoms with Crippen LogP contribution in [0.25, 0.3) is 6.08 Å². The summed E-state index contributed by atoms with van der Waals surface area (Å²) < 4.78 is 23.4. The van der Waals surface area contributed by atoms with Gasteiger partial charge in [0, 0.05) is 12.4 Å². The summed E-state index contributed by atoms with van der Waals surface area (Å²) in [7, 11) is -1.38. The molecular formula is C20H24NO3P. The Labute approximate surface area is 149 Å². The van der Waals surface area contributed by atoms with Crippen LogP contribution in [-0.2, 0) is 15.6 Å². The van der Waals surface area contributed by atoms with Gasteiger partial charge in [-0.05, 0) is 30.2 Å². The molecule has 0 amide bonds. The van der Waals surface area contributed by atoms with Gasteiger partial charge in [0.05, 0.1) is 13.7 Å². The number of rotatable bonds is 9. The molecule has 0 heterocycles. The van der Waals surface area contributed by atoms with Gasteiger partial charge in [0.1, 0.15) is 5.75 Å². The van der Waals surface area contributed by atoms with Gasteiger partial charge in [-0.15, -0.1) is 0 Å². The molecule has 4 nitrogen and oxygen atoms in total. The lowest BCUT2D eigenvalue weighted by Gasteiger charge is -2.15. The molecule has 0 saturated carbocycles. The van der Waals surface area contributed by atoms with Crippen LogP contribution in [0.2, 0.25) is 0 Å². The smallest absolute Gasteiger partial charge is 0.292 e. The summed E-state index contributed by atoms with van der Waals surface area (Å²) in [6, 6.07) is 17.5. The lowest BCUT2D eigenvalue weighted by atomic mass is 10.2. The molecular weight excluding hydrogens is 333 g/mol. The van der Waals surface area contributed by atoms with E-state index in [0.29, 0.717) is 13.2 Å². The zero-order chi connectivity index (χ0) is 18.0. The van der Waals surface area contributed by atoms with Crippen molar-refractivity contribution in [3.63, 3.8) is 0 Å². The Morgan fingerprint density at radius 3 is 2.40 bits per heavy atom. The normalized spacial score (nSPS) is 14.0. The molecule has 25 heavy (non-hydrogen) atoms. The van der Waals surface area contributed by atoms with Crippen LogP contribution >= 0.6 is 7.52 Å². The number of methoxy groups -OCH3 is 1. The number of hydrogen-bond donors (Lipinski definition) is 1. The van der Waals surface area contributed by atoms with E-state index in [0.717, 1.165) is 16.9 Å². The molecule has 2 rings (SSSR count). The van der Waals surface area contributed by atoms with E-state index < -0.39 is 7.52 Å². The second-order valence-corrected chi connectivity index (χ2v) is 7.38. The highest BCUT2D eigenvalue weighted by atomic mass is 31.2. The Balaban J connectivity index is 1.97. The van der Waals surface area contributed by atoms with E-state index in [1.54, 1.807) is 19.0 Å². The third kappa shape index (κ3) is 6.71. The third-order valence-electron chi connectivity index (χ3n) is 3.47. The Morgan fingerprint density at radius 2 is 1.76 bits per heavy atom. The fraction of sp³-hybridized carbons (Fsp3) is 0.200. The molecule has 2 aromatic rings. The van der Waals surface area contributed by atoms with Gasteiger partial charge in [-0.1, -0.05) is 60.7 Å². The predicted octanol–water partition coefficient (Wildman–Crippen LogP) is 5.24. The number of allylic oxidation sites excluding steroid dienone is 2. The summed E-state index contributed by atoms with van der Waals surface area (Å²) >= 11 is 0. The van der Waals surface area contributed by atoms with E-state index in [1.807, 2.05) is 73.7 Å². The number of ether oxygens (including phenoxy) is 1. The molecule has 0 aliphatic heterocycles. The molecule has 0 aliphatic carbocycles. The van der Waals surface area contributed by atoms with Crippen molar-refractivity contribution in [1.82, 2.24) is 5.09 Å². The van der Waals surface area contributed by atoms with Gasteiger partial charge in [-0.2, -0.15) is 0 Å². The Bertz CT molecular complexity index is 739. The minimum atomic E-state index is -3.02. The van der Waals surface area contributed by atoms with Crippen molar-refractivity contribution in [1.29, 1.82) is 0 Å². The molecule has 0 aromatic heterocycles. The van der Waals surface area contributed by atoms with Crippen molar-refractivity contribution in [3.8, 4) is 5.75 Å². The second-order valence-electron chi connectivity index (χ2n) is 5.31. The molecule has 2 aromatic carbocycles. The van der Waals surface area contributed by atoms with Crippen molar-refractivity contribution in [2.45, 2.75) is 13.5 Å². The second kappa shape index (κ2) is 10.00. The first kappa shape index (κ1) is 19.2. The predicted molar refractivity (Wildman–Crippen MR) is 104 cm³/mol. The maximum absolute atomic E-state index is 12.8. The monoisotopic (exact) mass is 357 g/mol. The third-order valence-corrected chi connectivity index (χ3v) is 5.27. The molecule has 0 radical (unpaired) electrons. The van der Waals surface area contributed by atoms with Crippen molar-refractivity contribution in [2.75, 3.05) is 13.7 Å². The van der Waals surface area contributed by atoms with Crippen molar-refractivity contribution in [3.05, 3.63) is 83.7 Å². The Morgan fingerprint density at radius 1 is 1.04 bits per heavy atom. The van der Waals surface area contributed by atoms with Crippen LogP contribution in [-0.4, -0.2) is 13.7 Å². The minimum Gasteiger partial charge on any atom is -0.497 e. The fourth-order valence-electron chi connectivity index (χ4n) is 2.18. The molecule has 1 N–H and O–H groups in total. The first-order valence-electron chi connectivity index (χ1n) is 8.18. The van der Waals surface area contributed by atoms with Gasteiger partial charge in [0.2, 0.25) is 0 Å². The van der Waals surface area contributed by atoms with Crippen LogP contribution in [0, 0.1) is 0 Å². The zero-order valence-corrected chi connectivity index (χ0v) is 15.5. The first-order valence-corrected chi connectivity index (χ1v) is 9.88. The van der Waals surface area contributed by atoms with E-state index in [9.17, 15) is 4.57 Å². The van der Waals surface area contributed by atoms with Gasteiger partial charge < -0.3 is 9.26 Å². The highest BCUT2D eigenvalue weighted by Crippen LogP contribution is 2.44. The van der Waals surface area contributed by atoms with Crippen LogP contribution in [0.15, 0.2) is 72.6 Å². The summed E-state index contributed by atoms with van der Waals surface area (Å²) in [5.41, 5.74) is 2.10. The van der Waals surface area contributed by atoms with Crippen LogP contribution in [0.5, 0.6) is 5.75 Å². The quantitative estimate of drug-likeness (QED) is 0.492. The minimum absolute atomic E-state index is 0.381. The van der Waals surface area contributed by atoms with E-state index in [1.165, 1.54) is 0 Å². The van der Waals surface area contributed by atoms with Crippen LogP contribution in [0.4, 0.5) is 0 Å². The molecule has 132 valence electrons. The first-order chi connectivity index (χ1) is 12.1. The van der Waals surface area contributed by atoms with Gasteiger partial charge >= 0.3 is 0 Å². The zero-order valence-electron chi connectivity index (χ0n) is 14.6. The lowest BCUT2D eigenvalue weighted by Crippen LogP contribution is -2.10. The highest BCUT2D eigenvalue weighted by molar-refractivity contribution is 7.60. The average molecular weight is 357 g/mol. The van der Waals surface area contributed by atoms with Crippen LogP contribution in [0.1, 0.15) is 18.1 Å². The SMILES string of the molecule is CCOP(=O)(/C=C/C=C/c1ccc(OC)cc1)NCc1ccccc1. The lowest BCUT2D eigenvalue weighted by molar-refractivity contribution is 0.331. The fourth-order valence-corrected chi connectivity index (χ4v) is 3.57. The van der Waals surface area contributed by atoms with Crippen LogP contribution in [0.3, 0.4) is 0 Å². The molecule has 0 aliphatic rings. The molecule has 1 atom stereocenters. The molecule has 5 heteroatoms. The number of benzene rings is 2. The van der Waals surface area contributed by atoms with E-state index in [4.69, 9.17) is 9.26 Å². The van der Waals surface area contributed by atoms with Gasteiger partial charge in [0.25, 0.3) is 7.52 Å². The Kier molecular flexibility index (Phi) is 7.68. The van der Waals surface area contributed by atoms with E-state index in [2.05, 4.69) is 5.09 Å². The Hall–Kier alpha value is -2.13. The van der Waals surface area contributed by atoms with E-state index >= 15 is 0 Å². The van der Waals surface area contributed by atoms with Crippen molar-refractivity contribution >= 4 is 13.6 Å². The standard InChI is InChI=1S/C20H24NO3P/c1-3-24-25(22,21-17-19-10-5-4-6-11-19)16-8-7-9-18-12-14-20(23-2)15-13-18/h4-16H,3,17H2,1-2H3,(H,21,22)/b9-7+,16-8+. The molecule has 0 saturated heterocycles. The molecule has 0 bridgehead atoms. The maximum Gasteiger partial charge on any atom is 0.292 e. The average Bonchev–Trinajstić information content (AvgIpc) is 2.65. The van der Waals surface area contributed by atoms with Gasteiger partial charge in [0.15, 0.2) is 0 Å². The summed E-state index contributed by atoms with van der Waals surface area (Å²) in [6.45, 7) is 2.70. The highest BCUT2D eigenvalue weighted by Gasteiger charge is 2.17. The molecule has 0 spiro atoms. The summed E-state index contributed by atoms with van der Waals surface area (Å²) in [4.78, 5) is 0. The number of nitrogens with one attached hydrogen (secondary N) is 1. The molecule has 1 unspecified atom stereocenters. The summed E-state index contributed by atoms with van der Waals surface area (Å²) in [5.74, 6) is 2.41. The van der Waals surface area contributed by atoms with Gasteiger partial charge in [-0.3, -0.25) is 4.57 Å². The van der Waals surface area contributed by atoms with Gasteiger partial charge in [-0.25, -0.2) is 5.09 Å². The van der Waals surface area contributed by atoms with Crippen molar-refractivity contribution < 1.29 is 13.8 Å². The molecule has 0 fully saturated rings. The summed E-state index contributed by atoms with van der Waals surface area (Å²) in [6.07, 6.45) is 5.53. The van der Waals surface area contributed by atoms with E-state index in [-0.39, 0.29) is 0 Å². The number of hydrogen-bond acceptors (Lipinski definition) is 3. The van der Waals surface area contributed by atoms with Crippen LogP contribution < -0.4 is 9.82 Å². The topological polar surface area (TPSA) is 47.6 Å². The maximum atomic E-state index is 12.8. The summed E-state index contributed by atoms with van der Waals surface area (Å²) in [5, 5.41) is 3.02.